The van der Waals surface area contributed by atoms with Gasteiger partial charge in [0.1, 0.15) is 5.75 Å². The molecule has 1 saturated carbocycles. The second-order valence-electron chi connectivity index (χ2n) is 8.01. The lowest BCUT2D eigenvalue weighted by atomic mass is 9.58. The zero-order valence-corrected chi connectivity index (χ0v) is 15.1. The summed E-state index contributed by atoms with van der Waals surface area (Å²) < 4.78 is 10.8. The molecule has 1 unspecified atom stereocenters. The van der Waals surface area contributed by atoms with Crippen LogP contribution in [-0.4, -0.2) is 19.7 Å². The number of rotatable bonds is 2. The zero-order chi connectivity index (χ0) is 17.6. The van der Waals surface area contributed by atoms with Crippen LogP contribution in [0.4, 0.5) is 0 Å². The second kappa shape index (κ2) is 6.05. The van der Waals surface area contributed by atoms with Gasteiger partial charge in [-0.2, -0.15) is 0 Å². The average Bonchev–Trinajstić information content (AvgIpc) is 3.04. The number of ether oxygens (including phenoxy) is 2. The third kappa shape index (κ3) is 2.70. The Morgan fingerprint density at radius 3 is 3.04 bits per heavy atom. The molecule has 3 heteroatoms. The first-order valence-corrected chi connectivity index (χ1v) is 9.23. The van der Waals surface area contributed by atoms with Crippen molar-refractivity contribution < 1.29 is 14.3 Å². The van der Waals surface area contributed by atoms with E-state index in [4.69, 9.17) is 9.47 Å². The summed E-state index contributed by atoms with van der Waals surface area (Å²) >= 11 is 0. The molecular formula is C22H26O3. The number of methoxy groups -OCH3 is 1. The highest BCUT2D eigenvalue weighted by Gasteiger charge is 2.42. The molecule has 3 aliphatic rings. The van der Waals surface area contributed by atoms with Crippen LogP contribution in [0.2, 0.25) is 0 Å². The van der Waals surface area contributed by atoms with E-state index in [1.54, 1.807) is 6.07 Å². The van der Waals surface area contributed by atoms with E-state index in [0.29, 0.717) is 23.5 Å². The van der Waals surface area contributed by atoms with Crippen molar-refractivity contribution in [3.63, 3.8) is 0 Å². The molecule has 0 aromatic heterocycles. The van der Waals surface area contributed by atoms with Gasteiger partial charge in [0, 0.05) is 11.5 Å². The summed E-state index contributed by atoms with van der Waals surface area (Å²) in [5.41, 5.74) is 4.96. The maximum absolute atomic E-state index is 11.9. The molecule has 25 heavy (non-hydrogen) atoms. The molecular weight excluding hydrogens is 312 g/mol. The first-order valence-electron chi connectivity index (χ1n) is 9.23. The summed E-state index contributed by atoms with van der Waals surface area (Å²) in [5, 5.41) is 0. The number of allylic oxidation sites excluding steroid dienone is 2. The molecule has 1 heterocycles. The SMILES string of the molecule is C=C1CCC[C@]2(C)CC=C(C3COc4ccc(C(=O)OC)cc43)C[C@@H]12. The molecule has 132 valence electrons. The third-order valence-corrected chi connectivity index (χ3v) is 6.51. The van der Waals surface area contributed by atoms with Gasteiger partial charge in [-0.25, -0.2) is 4.79 Å². The van der Waals surface area contributed by atoms with Crippen LogP contribution in [0.25, 0.3) is 0 Å². The monoisotopic (exact) mass is 338 g/mol. The smallest absolute Gasteiger partial charge is 0.337 e. The summed E-state index contributed by atoms with van der Waals surface area (Å²) in [5.74, 6) is 1.43. The number of carbonyl (C=O) groups excluding carboxylic acids is 1. The minimum Gasteiger partial charge on any atom is -0.492 e. The van der Waals surface area contributed by atoms with Gasteiger partial charge in [-0.15, -0.1) is 0 Å². The molecule has 1 aromatic carbocycles. The van der Waals surface area contributed by atoms with Crippen molar-refractivity contribution in [2.75, 3.05) is 13.7 Å². The Morgan fingerprint density at radius 2 is 2.24 bits per heavy atom. The number of esters is 1. The summed E-state index contributed by atoms with van der Waals surface area (Å²) in [6.45, 7) is 7.47. The molecule has 1 aliphatic heterocycles. The zero-order valence-electron chi connectivity index (χ0n) is 15.1. The van der Waals surface area contributed by atoms with Gasteiger partial charge in [0.15, 0.2) is 0 Å². The second-order valence-corrected chi connectivity index (χ2v) is 8.01. The van der Waals surface area contributed by atoms with Crippen LogP contribution in [0.15, 0.2) is 42.0 Å². The number of fused-ring (bicyclic) bond motifs is 2. The van der Waals surface area contributed by atoms with E-state index in [1.807, 2.05) is 12.1 Å². The van der Waals surface area contributed by atoms with Crippen LogP contribution in [-0.2, 0) is 4.74 Å². The number of hydrogen-bond acceptors (Lipinski definition) is 3. The maximum atomic E-state index is 11.9. The fourth-order valence-corrected chi connectivity index (χ4v) is 4.93. The Kier molecular flexibility index (Phi) is 3.98. The molecule has 0 amide bonds. The van der Waals surface area contributed by atoms with E-state index in [-0.39, 0.29) is 11.9 Å². The van der Waals surface area contributed by atoms with Crippen LogP contribution in [0.1, 0.15) is 60.9 Å². The lowest BCUT2D eigenvalue weighted by Crippen LogP contribution is -2.35. The molecule has 0 radical (unpaired) electrons. The molecule has 3 atom stereocenters. The minimum atomic E-state index is -0.292. The largest absolute Gasteiger partial charge is 0.492 e. The fourth-order valence-electron chi connectivity index (χ4n) is 4.93. The fraction of sp³-hybridized carbons (Fsp3) is 0.500. The Bertz CT molecular complexity index is 761. The third-order valence-electron chi connectivity index (χ3n) is 6.51. The quantitative estimate of drug-likeness (QED) is 0.560. The van der Waals surface area contributed by atoms with Crippen molar-refractivity contribution in [1.29, 1.82) is 0 Å². The molecule has 1 fully saturated rings. The summed E-state index contributed by atoms with van der Waals surface area (Å²) in [4.78, 5) is 11.9. The Morgan fingerprint density at radius 1 is 1.40 bits per heavy atom. The molecule has 4 rings (SSSR count). The number of benzene rings is 1. The molecule has 0 bridgehead atoms. The molecule has 2 aliphatic carbocycles. The van der Waals surface area contributed by atoms with Crippen LogP contribution in [0.3, 0.4) is 0 Å². The first-order chi connectivity index (χ1) is 12.0. The summed E-state index contributed by atoms with van der Waals surface area (Å²) in [7, 11) is 1.42. The molecule has 0 spiro atoms. The summed E-state index contributed by atoms with van der Waals surface area (Å²) in [6.07, 6.45) is 8.36. The van der Waals surface area contributed by atoms with Crippen LogP contribution < -0.4 is 4.74 Å². The average molecular weight is 338 g/mol. The highest BCUT2D eigenvalue weighted by Crippen LogP contribution is 2.54. The molecule has 0 N–H and O–H groups in total. The minimum absolute atomic E-state index is 0.249. The van der Waals surface area contributed by atoms with Crippen molar-refractivity contribution in [2.24, 2.45) is 11.3 Å². The van der Waals surface area contributed by atoms with Gasteiger partial charge in [-0.1, -0.05) is 30.7 Å². The topological polar surface area (TPSA) is 35.5 Å². The van der Waals surface area contributed by atoms with Gasteiger partial charge in [0.2, 0.25) is 0 Å². The van der Waals surface area contributed by atoms with Crippen LogP contribution >= 0.6 is 0 Å². The first kappa shape index (κ1) is 16.4. The van der Waals surface area contributed by atoms with Crippen molar-refractivity contribution >= 4 is 5.97 Å². The molecule has 1 aromatic rings. The van der Waals surface area contributed by atoms with Gasteiger partial charge in [-0.3, -0.25) is 0 Å². The van der Waals surface area contributed by atoms with Crippen LogP contribution in [0.5, 0.6) is 5.75 Å². The van der Waals surface area contributed by atoms with Crippen molar-refractivity contribution in [2.45, 2.75) is 44.9 Å². The molecule has 0 saturated heterocycles. The number of hydrogen-bond donors (Lipinski definition) is 0. The van der Waals surface area contributed by atoms with Crippen molar-refractivity contribution in [3.8, 4) is 5.75 Å². The summed E-state index contributed by atoms with van der Waals surface area (Å²) in [6, 6.07) is 5.63. The van der Waals surface area contributed by atoms with Crippen molar-refractivity contribution in [1.82, 2.24) is 0 Å². The normalized spacial score (nSPS) is 30.8. The van der Waals surface area contributed by atoms with E-state index >= 15 is 0 Å². The lowest BCUT2D eigenvalue weighted by molar-refractivity contribution is 0.0600. The van der Waals surface area contributed by atoms with E-state index in [2.05, 4.69) is 19.6 Å². The predicted octanol–water partition coefficient (Wildman–Crippen LogP) is 5.03. The lowest BCUT2D eigenvalue weighted by Gasteiger charge is -2.46. The van der Waals surface area contributed by atoms with Crippen molar-refractivity contribution in [3.05, 3.63) is 53.1 Å². The van der Waals surface area contributed by atoms with E-state index in [0.717, 1.165) is 30.6 Å². The van der Waals surface area contributed by atoms with Gasteiger partial charge in [-0.05, 0) is 61.6 Å². The Labute approximate surface area is 149 Å². The van der Waals surface area contributed by atoms with Gasteiger partial charge in [0.25, 0.3) is 0 Å². The van der Waals surface area contributed by atoms with Crippen LogP contribution in [0, 0.1) is 11.3 Å². The van der Waals surface area contributed by atoms with E-state index in [1.165, 1.54) is 31.1 Å². The van der Waals surface area contributed by atoms with Gasteiger partial charge < -0.3 is 9.47 Å². The Balaban J connectivity index is 1.65. The maximum Gasteiger partial charge on any atom is 0.337 e. The standard InChI is InChI=1S/C22H26O3/c1-14-5-4-9-22(2)10-8-15(12-19(14)22)18-13-25-20-7-6-16(11-17(18)20)21(23)24-3/h6-8,11,18-19H,1,4-5,9-10,12-13H2,2-3H3/t18?,19-,22+/m0/s1. The van der Waals surface area contributed by atoms with E-state index in [9.17, 15) is 4.79 Å². The van der Waals surface area contributed by atoms with Gasteiger partial charge >= 0.3 is 5.97 Å². The highest BCUT2D eigenvalue weighted by molar-refractivity contribution is 5.90. The Hall–Kier alpha value is -2.03. The number of carbonyl (C=O) groups is 1. The highest BCUT2D eigenvalue weighted by atomic mass is 16.5. The van der Waals surface area contributed by atoms with Gasteiger partial charge in [0.05, 0.1) is 19.3 Å². The predicted molar refractivity (Wildman–Crippen MR) is 97.9 cm³/mol. The molecule has 3 nitrogen and oxygen atoms in total. The van der Waals surface area contributed by atoms with E-state index < -0.39 is 0 Å².